The van der Waals surface area contributed by atoms with Gasteiger partial charge in [0.1, 0.15) is 13.2 Å². The minimum Gasteiger partial charge on any atom is -0.462 e. The van der Waals surface area contributed by atoms with Crippen molar-refractivity contribution in [1.82, 2.24) is 0 Å². The monoisotopic (exact) mass is 1100 g/mol. The molecule has 1 unspecified atom stereocenters. The van der Waals surface area contributed by atoms with E-state index in [0.717, 1.165) is 96.3 Å². The first-order valence-electron chi connectivity index (χ1n) is 33.4. The normalized spacial score (nSPS) is 12.8. The summed E-state index contributed by atoms with van der Waals surface area (Å²) < 4.78 is 16.8. The molecule has 0 N–H and O–H groups in total. The zero-order valence-electron chi connectivity index (χ0n) is 51.9. The van der Waals surface area contributed by atoms with E-state index in [1.165, 1.54) is 180 Å². The number of ether oxygens (including phenoxy) is 3. The van der Waals surface area contributed by atoms with Gasteiger partial charge in [0.05, 0.1) is 6.42 Å². The minimum absolute atomic E-state index is 0.113. The molecule has 0 aromatic carbocycles. The van der Waals surface area contributed by atoms with Crippen LogP contribution in [0, 0.1) is 0 Å². The molecule has 0 aliphatic heterocycles. The van der Waals surface area contributed by atoms with Crippen molar-refractivity contribution in [2.75, 3.05) is 13.2 Å². The average Bonchev–Trinajstić information content (AvgIpc) is 3.45. The molecule has 0 aliphatic rings. The van der Waals surface area contributed by atoms with E-state index in [1.807, 2.05) is 6.08 Å². The fourth-order valence-corrected chi connectivity index (χ4v) is 9.28. The topological polar surface area (TPSA) is 78.9 Å². The number of hydrogen-bond acceptors (Lipinski definition) is 6. The lowest BCUT2D eigenvalue weighted by atomic mass is 10.0. The van der Waals surface area contributed by atoms with Crippen molar-refractivity contribution in [2.45, 2.75) is 322 Å². The maximum Gasteiger partial charge on any atom is 0.309 e. The van der Waals surface area contributed by atoms with Gasteiger partial charge in [-0.25, -0.2) is 0 Å². The SMILES string of the molecule is CC/C=C\C/C=C\C/C=C\C/C=C\C/C=C\CC(=O)OCC(COC(=O)CCCCCCCCCCCCCCCCC/C=C\CCCCCCCCCC)OC(=O)CCCCCCCC/C=C\C/C=C\C/C=C\CCCCC. The van der Waals surface area contributed by atoms with E-state index in [9.17, 15) is 14.4 Å². The molecule has 6 nitrogen and oxygen atoms in total. The number of unbranched alkanes of at least 4 members (excludes halogenated alkanes) is 32. The van der Waals surface area contributed by atoms with Gasteiger partial charge in [-0.15, -0.1) is 0 Å². The van der Waals surface area contributed by atoms with Gasteiger partial charge in [-0.3, -0.25) is 14.4 Å². The summed E-state index contributed by atoms with van der Waals surface area (Å²) in [5, 5.41) is 0. The molecular weight excluding hydrogens is 973 g/mol. The van der Waals surface area contributed by atoms with E-state index >= 15 is 0 Å². The van der Waals surface area contributed by atoms with Crippen LogP contribution in [-0.4, -0.2) is 37.2 Å². The maximum absolute atomic E-state index is 12.9. The Labute approximate surface area is 489 Å². The van der Waals surface area contributed by atoms with Gasteiger partial charge in [-0.2, -0.15) is 0 Å². The van der Waals surface area contributed by atoms with Crippen LogP contribution in [0.5, 0.6) is 0 Å². The Kier molecular flexibility index (Phi) is 63.3. The molecular formula is C73H124O6. The predicted molar refractivity (Wildman–Crippen MR) is 343 cm³/mol. The van der Waals surface area contributed by atoms with Crippen LogP contribution in [0.25, 0.3) is 0 Å². The second kappa shape index (κ2) is 66.6. The molecule has 1 atom stereocenters. The summed E-state index contributed by atoms with van der Waals surface area (Å²) in [6, 6.07) is 0. The molecule has 0 saturated heterocycles. The van der Waals surface area contributed by atoms with Gasteiger partial charge < -0.3 is 14.2 Å². The third-order valence-corrected chi connectivity index (χ3v) is 14.3. The highest BCUT2D eigenvalue weighted by atomic mass is 16.6. The summed E-state index contributed by atoms with van der Waals surface area (Å²) >= 11 is 0. The molecule has 0 spiro atoms. The average molecular weight is 1100 g/mol. The summed E-state index contributed by atoms with van der Waals surface area (Å²) in [5.41, 5.74) is 0. The molecule has 79 heavy (non-hydrogen) atoms. The molecule has 0 amide bonds. The van der Waals surface area contributed by atoms with Crippen molar-refractivity contribution >= 4 is 17.9 Å². The molecule has 0 heterocycles. The van der Waals surface area contributed by atoms with Crippen LogP contribution < -0.4 is 0 Å². The fraction of sp³-hybridized carbons (Fsp3) is 0.712. The van der Waals surface area contributed by atoms with E-state index in [4.69, 9.17) is 14.2 Å². The first-order chi connectivity index (χ1) is 39.0. The number of allylic oxidation sites excluding steroid dienone is 17. The number of hydrogen-bond donors (Lipinski definition) is 0. The Morgan fingerprint density at radius 3 is 0.924 bits per heavy atom. The molecule has 0 aromatic rings. The molecule has 0 rings (SSSR count). The van der Waals surface area contributed by atoms with Gasteiger partial charge >= 0.3 is 17.9 Å². The van der Waals surface area contributed by atoms with Crippen molar-refractivity contribution in [1.29, 1.82) is 0 Å². The zero-order valence-corrected chi connectivity index (χ0v) is 51.9. The Balaban J connectivity index is 4.37. The second-order valence-corrected chi connectivity index (χ2v) is 22.0. The maximum atomic E-state index is 12.9. The summed E-state index contributed by atoms with van der Waals surface area (Å²) in [7, 11) is 0. The van der Waals surface area contributed by atoms with Crippen LogP contribution in [0.3, 0.4) is 0 Å². The summed E-state index contributed by atoms with van der Waals surface area (Å²) in [4.78, 5) is 38.3. The molecule has 0 aliphatic carbocycles. The molecule has 452 valence electrons. The molecule has 6 heteroatoms. The van der Waals surface area contributed by atoms with Gasteiger partial charge in [0.15, 0.2) is 6.10 Å². The minimum atomic E-state index is -0.828. The van der Waals surface area contributed by atoms with Crippen LogP contribution in [0.4, 0.5) is 0 Å². The van der Waals surface area contributed by atoms with E-state index in [2.05, 4.69) is 118 Å². The first kappa shape index (κ1) is 75.1. The van der Waals surface area contributed by atoms with Crippen molar-refractivity contribution in [2.24, 2.45) is 0 Å². The molecule has 0 fully saturated rings. The lowest BCUT2D eigenvalue weighted by Crippen LogP contribution is -2.30. The quantitative estimate of drug-likeness (QED) is 0.0261. The van der Waals surface area contributed by atoms with Crippen LogP contribution >= 0.6 is 0 Å². The Bertz CT molecular complexity index is 1590. The van der Waals surface area contributed by atoms with Crippen molar-refractivity contribution < 1.29 is 28.6 Å². The van der Waals surface area contributed by atoms with Gasteiger partial charge in [0.25, 0.3) is 0 Å². The van der Waals surface area contributed by atoms with Crippen LogP contribution in [0.1, 0.15) is 316 Å². The summed E-state index contributed by atoms with van der Waals surface area (Å²) in [5.74, 6) is -1.05. The smallest absolute Gasteiger partial charge is 0.309 e. The molecule has 0 saturated carbocycles. The highest BCUT2D eigenvalue weighted by molar-refractivity contribution is 5.72. The number of esters is 3. The summed E-state index contributed by atoms with van der Waals surface area (Å²) in [6.45, 7) is 6.43. The Hall–Kier alpha value is -3.93. The molecule has 0 aromatic heterocycles. The molecule has 0 bridgehead atoms. The van der Waals surface area contributed by atoms with E-state index in [1.54, 1.807) is 6.08 Å². The Morgan fingerprint density at radius 2 is 0.544 bits per heavy atom. The lowest BCUT2D eigenvalue weighted by molar-refractivity contribution is -0.166. The second-order valence-electron chi connectivity index (χ2n) is 22.0. The summed E-state index contributed by atoms with van der Waals surface area (Å²) in [6.07, 6.45) is 91.3. The number of rotatable bonds is 60. The van der Waals surface area contributed by atoms with Crippen molar-refractivity contribution in [3.8, 4) is 0 Å². The predicted octanol–water partition coefficient (Wildman–Crippen LogP) is 23.0. The zero-order chi connectivity index (χ0) is 57.1. The van der Waals surface area contributed by atoms with Crippen LogP contribution in [0.2, 0.25) is 0 Å². The number of carbonyl (C=O) groups excluding carboxylic acids is 3. The number of carbonyl (C=O) groups is 3. The van der Waals surface area contributed by atoms with Gasteiger partial charge in [-0.1, -0.05) is 297 Å². The van der Waals surface area contributed by atoms with Gasteiger partial charge in [-0.05, 0) is 109 Å². The standard InChI is InChI=1S/C73H124O6/c1-4-7-10-13-16-19-22-25-28-30-32-33-34-35-36-37-38-39-41-42-45-48-51-54-57-60-63-66-72(75)78-69-70(68-77-71(74)65-62-59-56-53-50-47-44-27-24-21-18-15-12-9-6-3)79-73(76)67-64-61-58-55-52-49-46-43-40-31-29-26-23-20-17-14-11-8-5-2/h9,12,17-18,20-21,26-27,29-30,32,40,43-44,50,53,59,62,70H,4-8,10-11,13-16,19,22-25,28,31,33-39,41-42,45-49,51-52,54-58,60-61,63-69H2,1-3H3/b12-9-,20-17-,21-18-,29-26-,32-30-,43-40-,44-27-,53-50-,62-59-. The van der Waals surface area contributed by atoms with Gasteiger partial charge in [0, 0.05) is 12.8 Å². The van der Waals surface area contributed by atoms with Gasteiger partial charge in [0.2, 0.25) is 0 Å². The first-order valence-corrected chi connectivity index (χ1v) is 33.4. The lowest BCUT2D eigenvalue weighted by Gasteiger charge is -2.18. The van der Waals surface area contributed by atoms with E-state index in [-0.39, 0.29) is 31.6 Å². The molecule has 0 radical (unpaired) electrons. The highest BCUT2D eigenvalue weighted by Crippen LogP contribution is 2.16. The third kappa shape index (κ3) is 64.8. The van der Waals surface area contributed by atoms with E-state index in [0.29, 0.717) is 12.8 Å². The largest absolute Gasteiger partial charge is 0.462 e. The third-order valence-electron chi connectivity index (χ3n) is 14.3. The van der Waals surface area contributed by atoms with Crippen molar-refractivity contribution in [3.05, 3.63) is 109 Å². The highest BCUT2D eigenvalue weighted by Gasteiger charge is 2.19. The van der Waals surface area contributed by atoms with Crippen LogP contribution in [0.15, 0.2) is 109 Å². The van der Waals surface area contributed by atoms with E-state index < -0.39 is 12.1 Å². The van der Waals surface area contributed by atoms with Crippen LogP contribution in [-0.2, 0) is 28.6 Å². The Morgan fingerprint density at radius 1 is 0.278 bits per heavy atom. The fourth-order valence-electron chi connectivity index (χ4n) is 9.28. The van der Waals surface area contributed by atoms with Crippen molar-refractivity contribution in [3.63, 3.8) is 0 Å².